The first kappa shape index (κ1) is 6.62. The summed E-state index contributed by atoms with van der Waals surface area (Å²) in [7, 11) is 0. The lowest BCUT2D eigenvalue weighted by Crippen LogP contribution is -2.46. The molecule has 1 saturated heterocycles. The Morgan fingerprint density at radius 3 is 3.00 bits per heavy atom. The molecular weight excluding hydrogens is 126 g/mol. The maximum atomic E-state index is 5.33. The third kappa shape index (κ3) is 1.18. The van der Waals surface area contributed by atoms with Gasteiger partial charge in [0.15, 0.2) is 0 Å². The molecule has 0 bridgehead atoms. The summed E-state index contributed by atoms with van der Waals surface area (Å²) in [4.78, 5) is 0. The van der Waals surface area contributed by atoms with Gasteiger partial charge in [0.25, 0.3) is 0 Å². The molecule has 10 heavy (non-hydrogen) atoms. The van der Waals surface area contributed by atoms with Crippen LogP contribution in [-0.4, -0.2) is 19.4 Å². The highest BCUT2D eigenvalue weighted by Crippen LogP contribution is 2.26. The van der Waals surface area contributed by atoms with Crippen molar-refractivity contribution in [1.82, 2.24) is 5.32 Å². The van der Waals surface area contributed by atoms with Crippen LogP contribution in [0, 0.1) is 5.92 Å². The molecule has 58 valence electrons. The van der Waals surface area contributed by atoms with E-state index in [-0.39, 0.29) is 0 Å². The smallest absolute Gasteiger partial charge is 0.0967 e. The third-order valence-corrected chi connectivity index (χ3v) is 2.69. The maximum Gasteiger partial charge on any atom is 0.0967 e. The monoisotopic (exact) mass is 141 g/mol. The average Bonchev–Trinajstić information content (AvgIpc) is 2.05. The van der Waals surface area contributed by atoms with Gasteiger partial charge in [-0.05, 0) is 18.8 Å². The molecule has 2 unspecified atom stereocenters. The van der Waals surface area contributed by atoms with Gasteiger partial charge in [-0.15, -0.1) is 0 Å². The van der Waals surface area contributed by atoms with Crippen molar-refractivity contribution >= 4 is 0 Å². The van der Waals surface area contributed by atoms with Gasteiger partial charge in [-0.25, -0.2) is 0 Å². The summed E-state index contributed by atoms with van der Waals surface area (Å²) in [5.41, 5.74) is 0. The highest BCUT2D eigenvalue weighted by molar-refractivity contribution is 4.81. The molecule has 0 aromatic rings. The molecule has 0 radical (unpaired) electrons. The van der Waals surface area contributed by atoms with Crippen LogP contribution in [0.25, 0.3) is 0 Å². The predicted octanol–water partition coefficient (Wildman–Crippen LogP) is 1.12. The van der Waals surface area contributed by atoms with E-state index in [1.807, 2.05) is 0 Å². The third-order valence-electron chi connectivity index (χ3n) is 2.69. The second-order valence-electron chi connectivity index (χ2n) is 3.37. The Morgan fingerprint density at radius 2 is 2.10 bits per heavy atom. The summed E-state index contributed by atoms with van der Waals surface area (Å²) in [6.45, 7) is 1.78. The van der Waals surface area contributed by atoms with Crippen LogP contribution in [0.5, 0.6) is 0 Å². The van der Waals surface area contributed by atoms with Gasteiger partial charge in [-0.1, -0.05) is 12.8 Å². The van der Waals surface area contributed by atoms with E-state index in [0.29, 0.717) is 0 Å². The van der Waals surface area contributed by atoms with Gasteiger partial charge in [0.1, 0.15) is 0 Å². The van der Waals surface area contributed by atoms with Gasteiger partial charge < -0.3 is 4.74 Å². The fourth-order valence-electron chi connectivity index (χ4n) is 2.05. The fourth-order valence-corrected chi connectivity index (χ4v) is 2.05. The number of fused-ring (bicyclic) bond motifs is 1. The molecule has 1 aliphatic carbocycles. The molecular formula is C8H15NO. The van der Waals surface area contributed by atoms with E-state index in [4.69, 9.17) is 4.74 Å². The molecule has 2 aliphatic rings. The van der Waals surface area contributed by atoms with E-state index in [0.717, 1.165) is 25.3 Å². The Bertz CT molecular complexity index is 89.8. The minimum absolute atomic E-state index is 0.779. The van der Waals surface area contributed by atoms with Crippen molar-refractivity contribution in [3.8, 4) is 0 Å². The summed E-state index contributed by atoms with van der Waals surface area (Å²) in [5, 5.41) is 3.40. The molecule has 2 atom stereocenters. The molecule has 0 aromatic carbocycles. The molecule has 1 heterocycles. The van der Waals surface area contributed by atoms with Crippen molar-refractivity contribution in [3.05, 3.63) is 0 Å². The lowest BCUT2D eigenvalue weighted by Gasteiger charge is -2.35. The normalized spacial score (nSPS) is 40.8. The van der Waals surface area contributed by atoms with Crippen LogP contribution in [-0.2, 0) is 4.74 Å². The van der Waals surface area contributed by atoms with E-state index in [1.54, 1.807) is 0 Å². The first-order chi connectivity index (χ1) is 4.97. The molecule has 0 amide bonds. The lowest BCUT2D eigenvalue weighted by molar-refractivity contribution is 0.00214. The van der Waals surface area contributed by atoms with E-state index in [2.05, 4.69) is 5.32 Å². The molecule has 2 fully saturated rings. The van der Waals surface area contributed by atoms with Crippen LogP contribution in [0.1, 0.15) is 25.7 Å². The van der Waals surface area contributed by atoms with Gasteiger partial charge in [0.05, 0.1) is 13.3 Å². The molecule has 0 spiro atoms. The molecule has 1 saturated carbocycles. The molecule has 1 N–H and O–H groups in total. The Labute approximate surface area is 61.9 Å². The Hall–Kier alpha value is -0.0800. The first-order valence-corrected chi connectivity index (χ1v) is 4.28. The van der Waals surface area contributed by atoms with Crippen LogP contribution in [0.3, 0.4) is 0 Å². The highest BCUT2D eigenvalue weighted by atomic mass is 16.5. The Balaban J connectivity index is 1.93. The van der Waals surface area contributed by atoms with Crippen LogP contribution in [0.2, 0.25) is 0 Å². The zero-order chi connectivity index (χ0) is 6.81. The Morgan fingerprint density at radius 1 is 1.20 bits per heavy atom. The molecule has 2 nitrogen and oxygen atoms in total. The summed E-state index contributed by atoms with van der Waals surface area (Å²) < 4.78 is 5.33. The van der Waals surface area contributed by atoms with Gasteiger partial charge in [0.2, 0.25) is 0 Å². The molecule has 2 heteroatoms. The van der Waals surface area contributed by atoms with Gasteiger partial charge in [0, 0.05) is 6.04 Å². The Kier molecular flexibility index (Phi) is 1.91. The van der Waals surface area contributed by atoms with Crippen LogP contribution < -0.4 is 5.32 Å². The van der Waals surface area contributed by atoms with E-state index in [1.165, 1.54) is 25.7 Å². The molecule has 1 aliphatic heterocycles. The molecule has 2 rings (SSSR count). The number of nitrogens with one attached hydrogen (secondary N) is 1. The maximum absolute atomic E-state index is 5.33. The van der Waals surface area contributed by atoms with Crippen LogP contribution in [0.4, 0.5) is 0 Å². The van der Waals surface area contributed by atoms with Crippen molar-refractivity contribution in [2.75, 3.05) is 13.3 Å². The number of hydrogen-bond acceptors (Lipinski definition) is 2. The quantitative estimate of drug-likeness (QED) is 0.546. The fraction of sp³-hybridized carbons (Fsp3) is 1.00. The van der Waals surface area contributed by atoms with Crippen molar-refractivity contribution in [1.29, 1.82) is 0 Å². The average molecular weight is 141 g/mol. The minimum atomic E-state index is 0.779. The second-order valence-corrected chi connectivity index (χ2v) is 3.37. The van der Waals surface area contributed by atoms with Crippen molar-refractivity contribution < 1.29 is 4.74 Å². The van der Waals surface area contributed by atoms with Gasteiger partial charge >= 0.3 is 0 Å². The van der Waals surface area contributed by atoms with Gasteiger partial charge in [-0.3, -0.25) is 5.32 Å². The zero-order valence-electron chi connectivity index (χ0n) is 6.31. The van der Waals surface area contributed by atoms with E-state index in [9.17, 15) is 0 Å². The summed E-state index contributed by atoms with van der Waals surface area (Å²) in [6, 6.07) is 0.780. The van der Waals surface area contributed by atoms with Gasteiger partial charge in [-0.2, -0.15) is 0 Å². The number of hydrogen-bond donors (Lipinski definition) is 1. The van der Waals surface area contributed by atoms with E-state index >= 15 is 0 Å². The molecule has 0 aromatic heterocycles. The largest absolute Gasteiger partial charge is 0.366 e. The second kappa shape index (κ2) is 2.89. The lowest BCUT2D eigenvalue weighted by atomic mass is 9.84. The summed E-state index contributed by atoms with van der Waals surface area (Å²) >= 11 is 0. The summed E-state index contributed by atoms with van der Waals surface area (Å²) in [5.74, 6) is 0.822. The van der Waals surface area contributed by atoms with Crippen molar-refractivity contribution in [2.24, 2.45) is 5.92 Å². The predicted molar refractivity (Wildman–Crippen MR) is 39.7 cm³/mol. The van der Waals surface area contributed by atoms with Crippen molar-refractivity contribution in [2.45, 2.75) is 31.7 Å². The summed E-state index contributed by atoms with van der Waals surface area (Å²) in [6.07, 6.45) is 5.56. The minimum Gasteiger partial charge on any atom is -0.366 e. The van der Waals surface area contributed by atoms with Crippen molar-refractivity contribution in [3.63, 3.8) is 0 Å². The van der Waals surface area contributed by atoms with Crippen LogP contribution in [0.15, 0.2) is 0 Å². The topological polar surface area (TPSA) is 21.3 Å². The highest BCUT2D eigenvalue weighted by Gasteiger charge is 2.27. The number of ether oxygens (including phenoxy) is 1. The number of rotatable bonds is 0. The standard InChI is InChI=1S/C8H15NO/c1-2-4-8-7(3-1)5-10-6-9-8/h7-9H,1-6H2. The van der Waals surface area contributed by atoms with Crippen LogP contribution >= 0.6 is 0 Å². The first-order valence-electron chi connectivity index (χ1n) is 4.28. The zero-order valence-corrected chi connectivity index (χ0v) is 6.31. The SMILES string of the molecule is C1CCC2NCOCC2C1. The van der Waals surface area contributed by atoms with E-state index < -0.39 is 0 Å².